The largest absolute Gasteiger partial charge is 0.478 e. The topological polar surface area (TPSA) is 59.4 Å². The molecule has 108 valence electrons. The van der Waals surface area contributed by atoms with Crippen molar-refractivity contribution < 1.29 is 14.6 Å². The van der Waals surface area contributed by atoms with Gasteiger partial charge in [-0.3, -0.25) is 0 Å². The number of halogens is 1. The molecule has 0 radical (unpaired) electrons. The van der Waals surface area contributed by atoms with E-state index in [0.29, 0.717) is 11.4 Å². The summed E-state index contributed by atoms with van der Waals surface area (Å²) < 4.78 is 6.48. The number of aliphatic carboxylic acids is 1. The second kappa shape index (κ2) is 7.04. The highest BCUT2D eigenvalue weighted by molar-refractivity contribution is 9.10. The Morgan fingerprint density at radius 2 is 2.10 bits per heavy atom. The second-order valence-electron chi connectivity index (χ2n) is 4.27. The first-order valence-electron chi connectivity index (χ1n) is 6.34. The van der Waals surface area contributed by atoms with Gasteiger partial charge in [0.25, 0.3) is 0 Å². The maximum absolute atomic E-state index is 11.3. The zero-order valence-electron chi connectivity index (χ0n) is 11.4. The highest BCUT2D eigenvalue weighted by Crippen LogP contribution is 2.21. The number of carboxylic acid groups (broad SMARTS) is 1. The Morgan fingerprint density at radius 1 is 1.33 bits per heavy atom. The summed E-state index contributed by atoms with van der Waals surface area (Å²) in [5.74, 6) is -0.461. The Labute approximate surface area is 131 Å². The third-order valence-corrected chi connectivity index (χ3v) is 3.37. The zero-order chi connectivity index (χ0) is 15.2. The molecule has 1 heterocycles. The van der Waals surface area contributed by atoms with Gasteiger partial charge in [-0.25, -0.2) is 9.78 Å². The predicted octanol–water partition coefficient (Wildman–Crippen LogP) is 3.91. The minimum atomic E-state index is -0.952. The molecule has 2 rings (SSSR count). The van der Waals surface area contributed by atoms with E-state index in [1.54, 1.807) is 31.3 Å². The normalized spacial score (nSPS) is 11.2. The summed E-state index contributed by atoms with van der Waals surface area (Å²) in [6.45, 7) is 1.97. The SMILES string of the molecule is C/C=C(/C(=O)O)c1ccccc1COc1ccc(Br)cn1. The summed E-state index contributed by atoms with van der Waals surface area (Å²) in [6.07, 6.45) is 3.23. The fraction of sp³-hybridized carbons (Fsp3) is 0.125. The molecule has 4 nitrogen and oxygen atoms in total. The molecule has 0 fully saturated rings. The van der Waals surface area contributed by atoms with Crippen molar-refractivity contribution in [1.29, 1.82) is 0 Å². The van der Waals surface area contributed by atoms with Crippen LogP contribution in [0.4, 0.5) is 0 Å². The van der Waals surface area contributed by atoms with E-state index in [4.69, 9.17) is 4.74 Å². The lowest BCUT2D eigenvalue weighted by atomic mass is 10.00. The number of hydrogen-bond donors (Lipinski definition) is 1. The quantitative estimate of drug-likeness (QED) is 0.833. The standard InChI is InChI=1S/C16H14BrNO3/c1-2-13(16(19)20)14-6-4-3-5-11(14)10-21-15-8-7-12(17)9-18-15/h2-9H,10H2,1H3,(H,19,20)/b13-2+. The number of carbonyl (C=O) groups is 1. The van der Waals surface area contributed by atoms with E-state index in [-0.39, 0.29) is 12.2 Å². The highest BCUT2D eigenvalue weighted by atomic mass is 79.9. The number of aromatic nitrogens is 1. The third kappa shape index (κ3) is 3.92. The van der Waals surface area contributed by atoms with Crippen molar-refractivity contribution in [3.8, 4) is 5.88 Å². The van der Waals surface area contributed by atoms with E-state index in [0.717, 1.165) is 10.0 Å². The number of hydrogen-bond acceptors (Lipinski definition) is 3. The Hall–Kier alpha value is -2.14. The van der Waals surface area contributed by atoms with Gasteiger partial charge in [-0.05, 0) is 40.0 Å². The molecule has 0 aliphatic carbocycles. The van der Waals surface area contributed by atoms with Crippen molar-refractivity contribution in [1.82, 2.24) is 4.98 Å². The van der Waals surface area contributed by atoms with Crippen molar-refractivity contribution in [3.63, 3.8) is 0 Å². The molecule has 0 bridgehead atoms. The zero-order valence-corrected chi connectivity index (χ0v) is 13.0. The van der Waals surface area contributed by atoms with Crippen molar-refractivity contribution in [3.05, 3.63) is 64.3 Å². The first-order chi connectivity index (χ1) is 10.1. The Balaban J connectivity index is 2.21. The van der Waals surface area contributed by atoms with Gasteiger partial charge in [0.15, 0.2) is 0 Å². The van der Waals surface area contributed by atoms with Crippen molar-refractivity contribution in [2.75, 3.05) is 0 Å². The summed E-state index contributed by atoms with van der Waals surface area (Å²) in [7, 11) is 0. The number of benzene rings is 1. The fourth-order valence-corrected chi connectivity index (χ4v) is 2.14. The van der Waals surface area contributed by atoms with E-state index >= 15 is 0 Å². The summed E-state index contributed by atoms with van der Waals surface area (Å²) >= 11 is 3.31. The summed E-state index contributed by atoms with van der Waals surface area (Å²) in [6, 6.07) is 10.9. The van der Waals surface area contributed by atoms with Gasteiger partial charge in [-0.2, -0.15) is 0 Å². The average molecular weight is 348 g/mol. The summed E-state index contributed by atoms with van der Waals surface area (Å²) in [5, 5.41) is 9.24. The molecule has 0 atom stereocenters. The molecule has 1 aromatic heterocycles. The molecule has 0 amide bonds. The van der Waals surface area contributed by atoms with Gasteiger partial charge < -0.3 is 9.84 Å². The smallest absolute Gasteiger partial charge is 0.335 e. The molecule has 5 heteroatoms. The van der Waals surface area contributed by atoms with Crippen molar-refractivity contribution >= 4 is 27.5 Å². The lowest BCUT2D eigenvalue weighted by Crippen LogP contribution is -2.05. The summed E-state index contributed by atoms with van der Waals surface area (Å²) in [4.78, 5) is 15.4. The molecular formula is C16H14BrNO3. The van der Waals surface area contributed by atoms with E-state index in [1.807, 2.05) is 24.3 Å². The van der Waals surface area contributed by atoms with Gasteiger partial charge in [0, 0.05) is 16.7 Å². The predicted molar refractivity (Wildman–Crippen MR) is 84.0 cm³/mol. The van der Waals surface area contributed by atoms with Crippen LogP contribution in [-0.4, -0.2) is 16.1 Å². The van der Waals surface area contributed by atoms with Gasteiger partial charge in [-0.15, -0.1) is 0 Å². The molecular weight excluding hydrogens is 334 g/mol. The van der Waals surface area contributed by atoms with Crippen LogP contribution in [0.5, 0.6) is 5.88 Å². The molecule has 0 saturated heterocycles. The summed E-state index contributed by atoms with van der Waals surface area (Å²) in [5.41, 5.74) is 1.72. The van der Waals surface area contributed by atoms with E-state index in [9.17, 15) is 9.90 Å². The number of ether oxygens (including phenoxy) is 1. The van der Waals surface area contributed by atoms with Crippen LogP contribution >= 0.6 is 15.9 Å². The first kappa shape index (κ1) is 15.3. The van der Waals surface area contributed by atoms with Crippen molar-refractivity contribution in [2.45, 2.75) is 13.5 Å². The average Bonchev–Trinajstić information content (AvgIpc) is 2.48. The van der Waals surface area contributed by atoms with Gasteiger partial charge in [0.1, 0.15) is 6.61 Å². The van der Waals surface area contributed by atoms with Crippen LogP contribution in [0, 0.1) is 0 Å². The van der Waals surface area contributed by atoms with E-state index in [1.165, 1.54) is 0 Å². The lowest BCUT2D eigenvalue weighted by Gasteiger charge is -2.11. The van der Waals surface area contributed by atoms with Crippen LogP contribution in [0.1, 0.15) is 18.1 Å². The minimum absolute atomic E-state index is 0.259. The number of pyridine rings is 1. The monoisotopic (exact) mass is 347 g/mol. The molecule has 0 saturated carbocycles. The number of nitrogens with zero attached hydrogens (tertiary/aromatic N) is 1. The molecule has 0 spiro atoms. The van der Waals surface area contributed by atoms with Gasteiger partial charge >= 0.3 is 5.97 Å². The third-order valence-electron chi connectivity index (χ3n) is 2.90. The molecule has 21 heavy (non-hydrogen) atoms. The highest BCUT2D eigenvalue weighted by Gasteiger charge is 2.13. The lowest BCUT2D eigenvalue weighted by molar-refractivity contribution is -0.130. The van der Waals surface area contributed by atoms with Crippen LogP contribution < -0.4 is 4.74 Å². The first-order valence-corrected chi connectivity index (χ1v) is 7.13. The number of rotatable bonds is 5. The Bertz CT molecular complexity index is 665. The molecule has 0 unspecified atom stereocenters. The fourth-order valence-electron chi connectivity index (χ4n) is 1.90. The van der Waals surface area contributed by atoms with Gasteiger partial charge in [0.2, 0.25) is 5.88 Å². The minimum Gasteiger partial charge on any atom is -0.478 e. The molecule has 0 aliphatic rings. The van der Waals surface area contributed by atoms with Gasteiger partial charge in [-0.1, -0.05) is 30.3 Å². The van der Waals surface area contributed by atoms with E-state index in [2.05, 4.69) is 20.9 Å². The van der Waals surface area contributed by atoms with Crippen LogP contribution in [-0.2, 0) is 11.4 Å². The number of carboxylic acids is 1. The number of allylic oxidation sites excluding steroid dienone is 1. The molecule has 2 aromatic rings. The maximum Gasteiger partial charge on any atom is 0.335 e. The Morgan fingerprint density at radius 3 is 2.71 bits per heavy atom. The molecule has 0 aliphatic heterocycles. The van der Waals surface area contributed by atoms with Crippen LogP contribution in [0.25, 0.3) is 5.57 Å². The van der Waals surface area contributed by atoms with E-state index < -0.39 is 5.97 Å². The van der Waals surface area contributed by atoms with Crippen LogP contribution in [0.3, 0.4) is 0 Å². The molecule has 1 aromatic carbocycles. The van der Waals surface area contributed by atoms with Crippen LogP contribution in [0.15, 0.2) is 53.1 Å². The van der Waals surface area contributed by atoms with Crippen LogP contribution in [0.2, 0.25) is 0 Å². The second-order valence-corrected chi connectivity index (χ2v) is 5.18. The Kier molecular flexibility index (Phi) is 5.11. The van der Waals surface area contributed by atoms with Gasteiger partial charge in [0.05, 0.1) is 5.57 Å². The maximum atomic E-state index is 11.3. The van der Waals surface area contributed by atoms with Crippen molar-refractivity contribution in [2.24, 2.45) is 0 Å². The molecule has 1 N–H and O–H groups in total.